The topological polar surface area (TPSA) is 20.3 Å². The van der Waals surface area contributed by atoms with Crippen LogP contribution in [0, 0.1) is 6.92 Å². The van der Waals surface area contributed by atoms with Crippen molar-refractivity contribution in [3.8, 4) is 0 Å². The molecule has 0 aliphatic carbocycles. The lowest BCUT2D eigenvalue weighted by molar-refractivity contribution is -0.128. The first-order chi connectivity index (χ1) is 4.68. The molecule has 10 heavy (non-hydrogen) atoms. The highest BCUT2D eigenvalue weighted by atomic mass is 16.2. The Morgan fingerprint density at radius 2 is 2.00 bits per heavy atom. The number of rotatable bonds is 4. The second-order valence-electron chi connectivity index (χ2n) is 2.60. The minimum Gasteiger partial charge on any atom is -0.349 e. The van der Waals surface area contributed by atoms with Gasteiger partial charge in [0.05, 0.1) is 0 Å². The maximum absolute atomic E-state index is 10.9. The van der Waals surface area contributed by atoms with Gasteiger partial charge in [-0.2, -0.15) is 0 Å². The molecule has 0 aliphatic heterocycles. The van der Waals surface area contributed by atoms with Gasteiger partial charge in [-0.25, -0.2) is 0 Å². The van der Waals surface area contributed by atoms with Gasteiger partial charge in [-0.3, -0.25) is 4.79 Å². The molecule has 0 rings (SSSR count). The molecule has 0 heterocycles. The van der Waals surface area contributed by atoms with Gasteiger partial charge in [-0.1, -0.05) is 19.8 Å². The molecule has 0 unspecified atom stereocenters. The van der Waals surface area contributed by atoms with Crippen molar-refractivity contribution in [2.24, 2.45) is 0 Å². The number of nitrogens with zero attached hydrogens (tertiary/aromatic N) is 1. The quantitative estimate of drug-likeness (QED) is 0.544. The Balaban J connectivity index is 3.22. The lowest BCUT2D eigenvalue weighted by Gasteiger charge is -2.08. The molecule has 2 nitrogen and oxygen atoms in total. The second kappa shape index (κ2) is 5.27. The number of amides is 1. The Bertz CT molecular complexity index is 99.4. The van der Waals surface area contributed by atoms with E-state index in [9.17, 15) is 4.79 Å². The van der Waals surface area contributed by atoms with Gasteiger partial charge in [0, 0.05) is 20.5 Å². The molecule has 0 aromatic heterocycles. The number of hydrogen-bond acceptors (Lipinski definition) is 1. The van der Waals surface area contributed by atoms with Gasteiger partial charge in [0.2, 0.25) is 5.91 Å². The van der Waals surface area contributed by atoms with Crippen LogP contribution in [-0.2, 0) is 4.79 Å². The Kier molecular flexibility index (Phi) is 4.99. The van der Waals surface area contributed by atoms with Crippen LogP contribution in [-0.4, -0.2) is 24.9 Å². The molecule has 0 saturated heterocycles. The predicted molar refractivity (Wildman–Crippen MR) is 42.5 cm³/mol. The van der Waals surface area contributed by atoms with Crippen LogP contribution in [0.1, 0.15) is 25.7 Å². The number of carbonyl (C=O) groups excluding carboxylic acids is 1. The first-order valence-corrected chi connectivity index (χ1v) is 3.68. The van der Waals surface area contributed by atoms with E-state index in [4.69, 9.17) is 0 Å². The van der Waals surface area contributed by atoms with E-state index >= 15 is 0 Å². The van der Waals surface area contributed by atoms with Gasteiger partial charge in [-0.15, -0.1) is 0 Å². The third-order valence-electron chi connectivity index (χ3n) is 1.39. The predicted octanol–water partition coefficient (Wildman–Crippen LogP) is 1.47. The zero-order chi connectivity index (χ0) is 7.98. The van der Waals surface area contributed by atoms with E-state index in [1.807, 2.05) is 0 Å². The van der Waals surface area contributed by atoms with Crippen molar-refractivity contribution in [2.45, 2.75) is 25.7 Å². The molecular formula is C8H16NO. The molecule has 0 aliphatic rings. The van der Waals surface area contributed by atoms with Crippen molar-refractivity contribution < 1.29 is 4.79 Å². The van der Waals surface area contributed by atoms with Crippen LogP contribution in [0.5, 0.6) is 0 Å². The molecular weight excluding hydrogens is 126 g/mol. The van der Waals surface area contributed by atoms with Crippen molar-refractivity contribution in [3.05, 3.63) is 6.92 Å². The smallest absolute Gasteiger partial charge is 0.222 e. The summed E-state index contributed by atoms with van der Waals surface area (Å²) >= 11 is 0. The van der Waals surface area contributed by atoms with Crippen molar-refractivity contribution in [1.29, 1.82) is 0 Å². The van der Waals surface area contributed by atoms with E-state index < -0.39 is 0 Å². The summed E-state index contributed by atoms with van der Waals surface area (Å²) in [6.45, 7) is 3.70. The SMILES string of the molecule is [CH2]CCCCC(=O)N(C)C. The summed E-state index contributed by atoms with van der Waals surface area (Å²) < 4.78 is 0. The number of unbranched alkanes of at least 4 members (excludes halogenated alkanes) is 2. The summed E-state index contributed by atoms with van der Waals surface area (Å²) in [5, 5.41) is 0. The highest BCUT2D eigenvalue weighted by Gasteiger charge is 2.01. The monoisotopic (exact) mass is 142 g/mol. The van der Waals surface area contributed by atoms with Crippen LogP contribution >= 0.6 is 0 Å². The summed E-state index contributed by atoms with van der Waals surface area (Å²) in [5.41, 5.74) is 0. The summed E-state index contributed by atoms with van der Waals surface area (Å²) in [6.07, 6.45) is 3.63. The first kappa shape index (κ1) is 9.47. The van der Waals surface area contributed by atoms with Gasteiger partial charge < -0.3 is 4.90 Å². The highest BCUT2D eigenvalue weighted by Crippen LogP contribution is 1.99. The Hall–Kier alpha value is -0.530. The van der Waals surface area contributed by atoms with Crippen LogP contribution in [0.3, 0.4) is 0 Å². The van der Waals surface area contributed by atoms with E-state index in [-0.39, 0.29) is 5.91 Å². The minimum atomic E-state index is 0.216. The van der Waals surface area contributed by atoms with E-state index in [2.05, 4.69) is 6.92 Å². The molecule has 0 aromatic carbocycles. The third-order valence-corrected chi connectivity index (χ3v) is 1.39. The lowest BCUT2D eigenvalue weighted by Crippen LogP contribution is -2.20. The maximum atomic E-state index is 10.9. The van der Waals surface area contributed by atoms with Gasteiger partial charge in [0.15, 0.2) is 0 Å². The van der Waals surface area contributed by atoms with Crippen LogP contribution in [0.4, 0.5) is 0 Å². The Morgan fingerprint density at radius 3 is 2.40 bits per heavy atom. The molecule has 59 valence electrons. The lowest BCUT2D eigenvalue weighted by atomic mass is 10.2. The minimum absolute atomic E-state index is 0.216. The van der Waals surface area contributed by atoms with Gasteiger partial charge in [-0.05, 0) is 6.42 Å². The van der Waals surface area contributed by atoms with Gasteiger partial charge >= 0.3 is 0 Å². The molecule has 0 atom stereocenters. The zero-order valence-corrected chi connectivity index (χ0v) is 6.89. The molecule has 1 radical (unpaired) electrons. The molecule has 0 spiro atoms. The molecule has 0 aromatic rings. The molecule has 1 amide bonds. The van der Waals surface area contributed by atoms with Crippen LogP contribution in [0.2, 0.25) is 0 Å². The average Bonchev–Trinajstić information content (AvgIpc) is 1.88. The van der Waals surface area contributed by atoms with E-state index in [0.29, 0.717) is 6.42 Å². The van der Waals surface area contributed by atoms with Crippen molar-refractivity contribution in [3.63, 3.8) is 0 Å². The fourth-order valence-electron chi connectivity index (χ4n) is 0.677. The van der Waals surface area contributed by atoms with E-state index in [1.165, 1.54) is 0 Å². The summed E-state index contributed by atoms with van der Waals surface area (Å²) in [6, 6.07) is 0. The summed E-state index contributed by atoms with van der Waals surface area (Å²) in [4.78, 5) is 12.6. The maximum Gasteiger partial charge on any atom is 0.222 e. The largest absolute Gasteiger partial charge is 0.349 e. The van der Waals surface area contributed by atoms with Gasteiger partial charge in [0.25, 0.3) is 0 Å². The van der Waals surface area contributed by atoms with Crippen LogP contribution in [0.15, 0.2) is 0 Å². The highest BCUT2D eigenvalue weighted by molar-refractivity contribution is 5.75. The van der Waals surface area contributed by atoms with Crippen molar-refractivity contribution in [2.75, 3.05) is 14.1 Å². The van der Waals surface area contributed by atoms with Crippen molar-refractivity contribution >= 4 is 5.91 Å². The van der Waals surface area contributed by atoms with E-state index in [1.54, 1.807) is 19.0 Å². The normalized spacial score (nSPS) is 9.50. The second-order valence-corrected chi connectivity index (χ2v) is 2.60. The van der Waals surface area contributed by atoms with Gasteiger partial charge in [0.1, 0.15) is 0 Å². The average molecular weight is 142 g/mol. The molecule has 0 N–H and O–H groups in total. The number of carbonyl (C=O) groups is 1. The van der Waals surface area contributed by atoms with E-state index in [0.717, 1.165) is 19.3 Å². The van der Waals surface area contributed by atoms with Crippen LogP contribution < -0.4 is 0 Å². The Morgan fingerprint density at radius 1 is 1.40 bits per heavy atom. The molecule has 0 fully saturated rings. The molecule has 0 bridgehead atoms. The van der Waals surface area contributed by atoms with Crippen molar-refractivity contribution in [1.82, 2.24) is 4.90 Å². The summed E-state index contributed by atoms with van der Waals surface area (Å²) in [7, 11) is 3.57. The first-order valence-electron chi connectivity index (χ1n) is 3.68. The third kappa shape index (κ3) is 4.36. The summed E-state index contributed by atoms with van der Waals surface area (Å²) in [5.74, 6) is 0.216. The zero-order valence-electron chi connectivity index (χ0n) is 6.89. The molecule has 0 saturated carbocycles. The number of hydrogen-bond donors (Lipinski definition) is 0. The van der Waals surface area contributed by atoms with Crippen LogP contribution in [0.25, 0.3) is 0 Å². The Labute approximate surface area is 63.2 Å². The fraction of sp³-hybridized carbons (Fsp3) is 0.750. The fourth-order valence-corrected chi connectivity index (χ4v) is 0.677. The standard InChI is InChI=1S/C8H16NO/c1-4-5-6-7-8(10)9(2)3/h1,4-7H2,2-3H3. The molecule has 2 heteroatoms.